The Morgan fingerprint density at radius 2 is 1.84 bits per heavy atom. The number of anilines is 1. The molecule has 0 spiro atoms. The largest absolute Gasteiger partial charge is 0.374 e. The first-order valence-electron chi connectivity index (χ1n) is 8.10. The molecule has 2 N–H and O–H groups in total. The average Bonchev–Trinajstić information content (AvgIpc) is 2.98. The number of nitrogens with zero attached hydrogens (tertiary/aromatic N) is 2. The molecule has 0 radical (unpaired) electrons. The lowest BCUT2D eigenvalue weighted by atomic mass is 10.3. The number of aromatic amines is 1. The van der Waals surface area contributed by atoms with Crippen molar-refractivity contribution < 1.29 is 8.42 Å². The first-order valence-corrected chi connectivity index (χ1v) is 9.59. The monoisotopic (exact) mass is 358 g/mol. The van der Waals surface area contributed by atoms with Crippen molar-refractivity contribution in [2.75, 3.05) is 5.32 Å². The van der Waals surface area contributed by atoms with Crippen molar-refractivity contribution in [2.45, 2.75) is 43.5 Å². The normalized spacial score (nSPS) is 13.8. The van der Waals surface area contributed by atoms with Crippen LogP contribution in [-0.2, 0) is 9.84 Å². The molecule has 0 fully saturated rings. The maximum absolute atomic E-state index is 12.4. The van der Waals surface area contributed by atoms with Gasteiger partial charge in [0.25, 0.3) is 0 Å². The molecule has 7 heteroatoms. The van der Waals surface area contributed by atoms with Crippen LogP contribution in [0, 0.1) is 0 Å². The van der Waals surface area contributed by atoms with Gasteiger partial charge >= 0.3 is 0 Å². The van der Waals surface area contributed by atoms with E-state index in [0.29, 0.717) is 0 Å². The minimum absolute atomic E-state index is 0.0701. The fourth-order valence-corrected chi connectivity index (χ4v) is 3.50. The molecule has 0 amide bonds. The first kappa shape index (κ1) is 17.4. The third-order valence-corrected chi connectivity index (χ3v) is 6.42. The van der Waals surface area contributed by atoms with Gasteiger partial charge in [0.2, 0.25) is 0 Å². The quantitative estimate of drug-likeness (QED) is 0.742. The standard InChI is InChI=1S/C18H22N4O2S/c1-12(17-21-14-7-5-6-8-15(14)22-17)20-13-9-10-16(19-11-13)25(23,24)18(2,3)4/h5-12,20H,1-4H3,(H,21,22). The molecule has 25 heavy (non-hydrogen) atoms. The van der Waals surface area contributed by atoms with Crippen molar-refractivity contribution in [2.24, 2.45) is 0 Å². The van der Waals surface area contributed by atoms with E-state index in [0.717, 1.165) is 22.5 Å². The lowest BCUT2D eigenvalue weighted by Crippen LogP contribution is -2.28. The molecule has 1 atom stereocenters. The summed E-state index contributed by atoms with van der Waals surface area (Å²) in [6.07, 6.45) is 1.54. The van der Waals surface area contributed by atoms with E-state index < -0.39 is 14.6 Å². The Balaban J connectivity index is 1.79. The third kappa shape index (κ3) is 3.37. The molecule has 0 aliphatic rings. The van der Waals surface area contributed by atoms with E-state index in [9.17, 15) is 8.42 Å². The number of pyridine rings is 1. The molecule has 6 nitrogen and oxygen atoms in total. The first-order chi connectivity index (χ1) is 11.7. The van der Waals surface area contributed by atoms with E-state index in [-0.39, 0.29) is 11.1 Å². The zero-order chi connectivity index (χ0) is 18.2. The molecule has 2 heterocycles. The Labute approximate surface area is 147 Å². The maximum atomic E-state index is 12.4. The lowest BCUT2D eigenvalue weighted by Gasteiger charge is -2.19. The van der Waals surface area contributed by atoms with Crippen molar-refractivity contribution in [3.63, 3.8) is 0 Å². The molecule has 3 rings (SSSR count). The van der Waals surface area contributed by atoms with Gasteiger partial charge in [-0.25, -0.2) is 18.4 Å². The van der Waals surface area contributed by atoms with E-state index >= 15 is 0 Å². The smallest absolute Gasteiger partial charge is 0.200 e. The summed E-state index contributed by atoms with van der Waals surface area (Å²) >= 11 is 0. The van der Waals surface area contributed by atoms with Crippen molar-refractivity contribution in [1.82, 2.24) is 15.0 Å². The van der Waals surface area contributed by atoms with Crippen molar-refractivity contribution in [3.8, 4) is 0 Å². The number of H-pyrrole nitrogens is 1. The summed E-state index contributed by atoms with van der Waals surface area (Å²) in [5.41, 5.74) is 2.63. The minimum atomic E-state index is -3.45. The summed E-state index contributed by atoms with van der Waals surface area (Å²) in [5, 5.41) is 3.37. The molecular formula is C18H22N4O2S. The Bertz CT molecular complexity index is 953. The van der Waals surface area contributed by atoms with Crippen LogP contribution in [0.1, 0.15) is 39.6 Å². The number of aromatic nitrogens is 3. The highest BCUT2D eigenvalue weighted by molar-refractivity contribution is 7.92. The van der Waals surface area contributed by atoms with Crippen LogP contribution >= 0.6 is 0 Å². The predicted molar refractivity (Wildman–Crippen MR) is 99.3 cm³/mol. The molecule has 3 aromatic rings. The zero-order valence-corrected chi connectivity index (χ0v) is 15.6. The third-order valence-electron chi connectivity index (χ3n) is 4.02. The van der Waals surface area contributed by atoms with Gasteiger partial charge in [0, 0.05) is 0 Å². The molecule has 0 aliphatic heterocycles. The second-order valence-electron chi connectivity index (χ2n) is 7.01. The Morgan fingerprint density at radius 1 is 1.12 bits per heavy atom. The molecule has 2 aromatic heterocycles. The summed E-state index contributed by atoms with van der Waals surface area (Å²) in [5.74, 6) is 0.813. The van der Waals surface area contributed by atoms with Crippen LogP contribution in [-0.4, -0.2) is 28.1 Å². The van der Waals surface area contributed by atoms with Crippen LogP contribution in [0.5, 0.6) is 0 Å². The van der Waals surface area contributed by atoms with E-state index in [1.54, 1.807) is 26.8 Å². The van der Waals surface area contributed by atoms with E-state index in [1.165, 1.54) is 12.3 Å². The van der Waals surface area contributed by atoms with E-state index in [2.05, 4.69) is 20.3 Å². The number of benzene rings is 1. The zero-order valence-electron chi connectivity index (χ0n) is 14.7. The number of fused-ring (bicyclic) bond motifs is 1. The summed E-state index contributed by atoms with van der Waals surface area (Å²) in [6.45, 7) is 6.98. The molecule has 0 aliphatic carbocycles. The lowest BCUT2D eigenvalue weighted by molar-refractivity contribution is 0.556. The summed E-state index contributed by atoms with van der Waals surface area (Å²) in [7, 11) is -3.45. The number of imidazole rings is 1. The molecule has 132 valence electrons. The minimum Gasteiger partial charge on any atom is -0.374 e. The van der Waals surface area contributed by atoms with Gasteiger partial charge in [0.15, 0.2) is 14.9 Å². The van der Waals surface area contributed by atoms with Crippen LogP contribution < -0.4 is 5.32 Å². The van der Waals surface area contributed by atoms with Crippen molar-refractivity contribution >= 4 is 26.6 Å². The van der Waals surface area contributed by atoms with Crippen molar-refractivity contribution in [3.05, 3.63) is 48.4 Å². The number of sulfone groups is 1. The molecule has 1 unspecified atom stereocenters. The number of nitrogens with one attached hydrogen (secondary N) is 2. The van der Waals surface area contributed by atoms with Crippen LogP contribution in [0.2, 0.25) is 0 Å². The molecule has 0 bridgehead atoms. The fraction of sp³-hybridized carbons (Fsp3) is 0.333. The van der Waals surface area contributed by atoms with Gasteiger partial charge in [-0.2, -0.15) is 0 Å². The van der Waals surface area contributed by atoms with Crippen LogP contribution in [0.15, 0.2) is 47.6 Å². The highest BCUT2D eigenvalue weighted by Crippen LogP contribution is 2.25. The summed E-state index contributed by atoms with van der Waals surface area (Å²) in [6, 6.07) is 11.0. The van der Waals surface area contributed by atoms with Gasteiger partial charge in [-0.05, 0) is 52.0 Å². The fourth-order valence-electron chi connectivity index (χ4n) is 2.43. The SMILES string of the molecule is CC(Nc1ccc(S(=O)(=O)C(C)(C)C)nc1)c1nc2ccccc2[nH]1. The number of hydrogen-bond donors (Lipinski definition) is 2. The average molecular weight is 358 g/mol. The number of rotatable bonds is 4. The highest BCUT2D eigenvalue weighted by atomic mass is 32.2. The van der Waals surface area contributed by atoms with Gasteiger partial charge in [-0.3, -0.25) is 0 Å². The van der Waals surface area contributed by atoms with Crippen LogP contribution in [0.25, 0.3) is 11.0 Å². The predicted octanol–water partition coefficient (Wildman–Crippen LogP) is 3.70. The topological polar surface area (TPSA) is 87.7 Å². The Morgan fingerprint density at radius 3 is 2.44 bits per heavy atom. The summed E-state index contributed by atoms with van der Waals surface area (Å²) < 4.78 is 23.9. The number of hydrogen-bond acceptors (Lipinski definition) is 5. The van der Waals surface area contributed by atoms with E-state index in [1.807, 2.05) is 31.2 Å². The van der Waals surface area contributed by atoms with Gasteiger partial charge in [-0.1, -0.05) is 12.1 Å². The molecule has 0 saturated carbocycles. The molecule has 0 saturated heterocycles. The maximum Gasteiger partial charge on any atom is 0.200 e. The van der Waals surface area contributed by atoms with Gasteiger partial charge in [0.1, 0.15) is 5.82 Å². The van der Waals surface area contributed by atoms with Crippen LogP contribution in [0.3, 0.4) is 0 Å². The van der Waals surface area contributed by atoms with Crippen molar-refractivity contribution in [1.29, 1.82) is 0 Å². The molecule has 1 aromatic carbocycles. The van der Waals surface area contributed by atoms with E-state index in [4.69, 9.17) is 0 Å². The second-order valence-corrected chi connectivity index (χ2v) is 9.66. The highest BCUT2D eigenvalue weighted by Gasteiger charge is 2.31. The molecular weight excluding hydrogens is 336 g/mol. The summed E-state index contributed by atoms with van der Waals surface area (Å²) in [4.78, 5) is 12.0. The number of para-hydroxylation sites is 2. The van der Waals surface area contributed by atoms with Gasteiger partial charge in [-0.15, -0.1) is 0 Å². The second kappa shape index (κ2) is 6.15. The van der Waals surface area contributed by atoms with Gasteiger partial charge < -0.3 is 10.3 Å². The van der Waals surface area contributed by atoms with Crippen LogP contribution in [0.4, 0.5) is 5.69 Å². The Kier molecular flexibility index (Phi) is 4.28. The Hall–Kier alpha value is -2.41. The van der Waals surface area contributed by atoms with Gasteiger partial charge in [0.05, 0.1) is 33.7 Å².